The Labute approximate surface area is 96.7 Å². The van der Waals surface area contributed by atoms with E-state index in [2.05, 4.69) is 30.0 Å². The first-order valence-corrected chi connectivity index (χ1v) is 5.58. The molecule has 0 heterocycles. The molecule has 0 radical (unpaired) electrons. The minimum absolute atomic E-state index is 0.182. The second kappa shape index (κ2) is 5.54. The fourth-order valence-corrected chi connectivity index (χ4v) is 1.74. The van der Waals surface area contributed by atoms with Gasteiger partial charge in [-0.3, -0.25) is 4.79 Å². The van der Waals surface area contributed by atoms with E-state index in [1.807, 2.05) is 13.8 Å². The number of carboxylic acid groups (broad SMARTS) is 1. The molecule has 16 heavy (non-hydrogen) atoms. The maximum Gasteiger partial charge on any atom is 0.305 e. The minimum Gasteiger partial charge on any atom is -0.481 e. The predicted molar refractivity (Wildman–Crippen MR) is 66.1 cm³/mol. The third kappa shape index (κ3) is 3.26. The van der Waals surface area contributed by atoms with Gasteiger partial charge in [0, 0.05) is 18.8 Å². The van der Waals surface area contributed by atoms with Gasteiger partial charge in [-0.2, -0.15) is 0 Å². The first kappa shape index (κ1) is 12.6. The number of benzene rings is 1. The zero-order valence-electron chi connectivity index (χ0n) is 10.2. The highest BCUT2D eigenvalue weighted by molar-refractivity contribution is 5.68. The molecule has 0 aliphatic rings. The van der Waals surface area contributed by atoms with Crippen LogP contribution in [0.5, 0.6) is 0 Å². The molecule has 0 spiro atoms. The van der Waals surface area contributed by atoms with Crippen LogP contribution in [-0.2, 0) is 4.79 Å². The summed E-state index contributed by atoms with van der Waals surface area (Å²) >= 11 is 0. The van der Waals surface area contributed by atoms with Crippen LogP contribution in [0.1, 0.15) is 24.5 Å². The highest BCUT2D eigenvalue weighted by Crippen LogP contribution is 2.21. The number of rotatable bonds is 5. The second-order valence-electron chi connectivity index (χ2n) is 4.01. The summed E-state index contributed by atoms with van der Waals surface area (Å²) < 4.78 is 0. The predicted octanol–water partition coefficient (Wildman–Crippen LogP) is 2.60. The van der Waals surface area contributed by atoms with E-state index < -0.39 is 5.97 Å². The summed E-state index contributed by atoms with van der Waals surface area (Å²) in [5, 5.41) is 8.70. The van der Waals surface area contributed by atoms with E-state index in [-0.39, 0.29) is 6.42 Å². The first-order chi connectivity index (χ1) is 7.54. The van der Waals surface area contributed by atoms with Crippen molar-refractivity contribution in [2.24, 2.45) is 0 Å². The summed E-state index contributed by atoms with van der Waals surface area (Å²) in [6.07, 6.45) is 0.182. The molecule has 3 heteroatoms. The molecule has 0 unspecified atom stereocenters. The maximum atomic E-state index is 10.6. The van der Waals surface area contributed by atoms with Crippen LogP contribution in [0.4, 0.5) is 5.69 Å². The van der Waals surface area contributed by atoms with Gasteiger partial charge in [0.1, 0.15) is 0 Å². The Morgan fingerprint density at radius 1 is 1.38 bits per heavy atom. The molecule has 0 saturated heterocycles. The maximum absolute atomic E-state index is 10.6. The first-order valence-electron chi connectivity index (χ1n) is 5.58. The van der Waals surface area contributed by atoms with Crippen molar-refractivity contribution in [3.63, 3.8) is 0 Å². The van der Waals surface area contributed by atoms with Crippen LogP contribution in [0.15, 0.2) is 18.2 Å². The van der Waals surface area contributed by atoms with Gasteiger partial charge < -0.3 is 10.0 Å². The summed E-state index contributed by atoms with van der Waals surface area (Å²) in [4.78, 5) is 12.7. The molecular formula is C13H19NO2. The number of anilines is 1. The molecule has 0 aromatic heterocycles. The summed E-state index contributed by atoms with van der Waals surface area (Å²) in [6, 6.07) is 6.26. The molecule has 88 valence electrons. The molecule has 0 aliphatic carbocycles. The molecule has 1 N–H and O–H groups in total. The largest absolute Gasteiger partial charge is 0.481 e. The molecule has 0 aliphatic heterocycles. The van der Waals surface area contributed by atoms with E-state index in [1.54, 1.807) is 0 Å². The summed E-state index contributed by atoms with van der Waals surface area (Å²) in [6.45, 7) is 7.55. The standard InChI is InChI=1S/C13H19NO2/c1-4-14(8-7-13(15)16)12-9-10(2)5-6-11(12)3/h5-6,9H,4,7-8H2,1-3H3,(H,15,16). The lowest BCUT2D eigenvalue weighted by molar-refractivity contribution is -0.136. The second-order valence-corrected chi connectivity index (χ2v) is 4.01. The van der Waals surface area contributed by atoms with Crippen LogP contribution in [0.3, 0.4) is 0 Å². The van der Waals surface area contributed by atoms with E-state index in [0.717, 1.165) is 12.2 Å². The molecular weight excluding hydrogens is 202 g/mol. The van der Waals surface area contributed by atoms with E-state index in [9.17, 15) is 4.79 Å². The van der Waals surface area contributed by atoms with Crippen molar-refractivity contribution in [2.75, 3.05) is 18.0 Å². The van der Waals surface area contributed by atoms with Crippen molar-refractivity contribution in [3.05, 3.63) is 29.3 Å². The number of hydrogen-bond acceptors (Lipinski definition) is 2. The Hall–Kier alpha value is -1.51. The molecule has 1 aromatic rings. The lowest BCUT2D eigenvalue weighted by Gasteiger charge is -2.24. The summed E-state index contributed by atoms with van der Waals surface area (Å²) in [7, 11) is 0. The third-order valence-corrected chi connectivity index (χ3v) is 2.68. The van der Waals surface area contributed by atoms with Gasteiger partial charge in [-0.1, -0.05) is 12.1 Å². The topological polar surface area (TPSA) is 40.5 Å². The molecule has 0 saturated carbocycles. The number of carbonyl (C=O) groups is 1. The molecule has 1 rings (SSSR count). The number of hydrogen-bond donors (Lipinski definition) is 1. The monoisotopic (exact) mass is 221 g/mol. The molecule has 0 bridgehead atoms. The van der Waals surface area contributed by atoms with Crippen LogP contribution >= 0.6 is 0 Å². The number of nitrogens with zero attached hydrogens (tertiary/aromatic N) is 1. The SMILES string of the molecule is CCN(CCC(=O)O)c1cc(C)ccc1C. The van der Waals surface area contributed by atoms with Gasteiger partial charge in [0.2, 0.25) is 0 Å². The Morgan fingerprint density at radius 2 is 2.06 bits per heavy atom. The smallest absolute Gasteiger partial charge is 0.305 e. The zero-order valence-corrected chi connectivity index (χ0v) is 10.2. The number of aryl methyl sites for hydroxylation is 2. The molecule has 0 amide bonds. The molecule has 0 atom stereocenters. The van der Waals surface area contributed by atoms with Gasteiger partial charge in [-0.05, 0) is 38.0 Å². The Morgan fingerprint density at radius 3 is 2.62 bits per heavy atom. The lowest BCUT2D eigenvalue weighted by atomic mass is 10.1. The number of aliphatic carboxylic acids is 1. The summed E-state index contributed by atoms with van der Waals surface area (Å²) in [5.74, 6) is -0.747. The Balaban J connectivity index is 2.85. The van der Waals surface area contributed by atoms with Crippen LogP contribution < -0.4 is 4.90 Å². The van der Waals surface area contributed by atoms with E-state index in [1.165, 1.54) is 11.1 Å². The van der Waals surface area contributed by atoms with Crippen LogP contribution in [0, 0.1) is 13.8 Å². The highest BCUT2D eigenvalue weighted by Gasteiger charge is 2.09. The van der Waals surface area contributed by atoms with Crippen molar-refractivity contribution in [1.82, 2.24) is 0 Å². The van der Waals surface area contributed by atoms with Crippen molar-refractivity contribution >= 4 is 11.7 Å². The normalized spacial score (nSPS) is 10.2. The van der Waals surface area contributed by atoms with Crippen molar-refractivity contribution in [2.45, 2.75) is 27.2 Å². The Bertz CT molecular complexity index is 374. The van der Waals surface area contributed by atoms with Gasteiger partial charge in [0.15, 0.2) is 0 Å². The minimum atomic E-state index is -0.747. The highest BCUT2D eigenvalue weighted by atomic mass is 16.4. The quantitative estimate of drug-likeness (QED) is 0.830. The molecule has 0 fully saturated rings. The average Bonchev–Trinajstić information content (AvgIpc) is 2.23. The molecule has 3 nitrogen and oxygen atoms in total. The lowest BCUT2D eigenvalue weighted by Crippen LogP contribution is -2.26. The van der Waals surface area contributed by atoms with E-state index in [0.29, 0.717) is 6.54 Å². The van der Waals surface area contributed by atoms with Gasteiger partial charge in [0.25, 0.3) is 0 Å². The third-order valence-electron chi connectivity index (χ3n) is 2.68. The van der Waals surface area contributed by atoms with Crippen molar-refractivity contribution < 1.29 is 9.90 Å². The van der Waals surface area contributed by atoms with E-state index >= 15 is 0 Å². The van der Waals surface area contributed by atoms with Crippen LogP contribution in [0.2, 0.25) is 0 Å². The van der Waals surface area contributed by atoms with Gasteiger partial charge >= 0.3 is 5.97 Å². The van der Waals surface area contributed by atoms with Gasteiger partial charge in [-0.15, -0.1) is 0 Å². The van der Waals surface area contributed by atoms with Crippen molar-refractivity contribution in [1.29, 1.82) is 0 Å². The van der Waals surface area contributed by atoms with E-state index in [4.69, 9.17) is 5.11 Å². The zero-order chi connectivity index (χ0) is 12.1. The van der Waals surface area contributed by atoms with Crippen LogP contribution in [-0.4, -0.2) is 24.2 Å². The van der Waals surface area contributed by atoms with Crippen LogP contribution in [0.25, 0.3) is 0 Å². The summed E-state index contributed by atoms with van der Waals surface area (Å²) in [5.41, 5.74) is 3.54. The van der Waals surface area contributed by atoms with Crippen molar-refractivity contribution in [3.8, 4) is 0 Å². The number of carboxylic acids is 1. The van der Waals surface area contributed by atoms with Gasteiger partial charge in [0.05, 0.1) is 6.42 Å². The molecule has 1 aromatic carbocycles. The average molecular weight is 221 g/mol. The fraction of sp³-hybridized carbons (Fsp3) is 0.462. The Kier molecular flexibility index (Phi) is 4.35. The fourth-order valence-electron chi connectivity index (χ4n) is 1.74. The van der Waals surface area contributed by atoms with Gasteiger partial charge in [-0.25, -0.2) is 0 Å².